The van der Waals surface area contributed by atoms with Crippen LogP contribution in [0.2, 0.25) is 0 Å². The topological polar surface area (TPSA) is 71.8 Å². The van der Waals surface area contributed by atoms with Crippen molar-refractivity contribution in [3.05, 3.63) is 18.4 Å². The van der Waals surface area contributed by atoms with Gasteiger partial charge in [0.1, 0.15) is 5.78 Å². The van der Waals surface area contributed by atoms with E-state index in [0.717, 1.165) is 37.0 Å². The number of hydrogen-bond donors (Lipinski definition) is 1. The number of nitrogens with one attached hydrogen (secondary N) is 1. The molecule has 2 aromatic rings. The van der Waals surface area contributed by atoms with E-state index < -0.39 is 0 Å². The normalized spacial score (nSPS) is 33.9. The molecule has 4 bridgehead atoms. The van der Waals surface area contributed by atoms with Gasteiger partial charge < -0.3 is 4.42 Å². The first-order chi connectivity index (χ1) is 11.7. The minimum absolute atomic E-state index is 0.0259. The Balaban J connectivity index is 1.26. The fourth-order valence-corrected chi connectivity index (χ4v) is 6.40. The van der Waals surface area contributed by atoms with Crippen LogP contribution in [0, 0.1) is 23.2 Å². The lowest BCUT2D eigenvalue weighted by atomic mass is 9.48. The van der Waals surface area contributed by atoms with Gasteiger partial charge in [0.2, 0.25) is 5.16 Å². The minimum atomic E-state index is -0.0259. The number of nitrogens with zero attached hydrogens (tertiary/aromatic N) is 2. The molecule has 0 radical (unpaired) electrons. The van der Waals surface area contributed by atoms with Crippen LogP contribution in [-0.2, 0) is 4.79 Å². The number of thioether (sulfide) groups is 1. The summed E-state index contributed by atoms with van der Waals surface area (Å²) in [6.45, 7) is 0. The molecule has 4 aliphatic carbocycles. The van der Waals surface area contributed by atoms with Crippen molar-refractivity contribution in [3.8, 4) is 11.6 Å². The van der Waals surface area contributed by atoms with E-state index in [1.165, 1.54) is 31.0 Å². The molecule has 0 unspecified atom stereocenters. The molecule has 0 atom stereocenters. The molecular formula is C18H21N3O2S. The number of H-pyrrole nitrogens is 1. The van der Waals surface area contributed by atoms with E-state index in [9.17, 15) is 4.79 Å². The maximum absolute atomic E-state index is 13.0. The number of furan rings is 1. The SMILES string of the molecule is O=C(CSc1n[nH]c(-c2ccco2)n1)C12CC3CC(CC(C3)C1)C2. The van der Waals surface area contributed by atoms with Crippen molar-refractivity contribution in [1.82, 2.24) is 15.2 Å². The number of rotatable bonds is 5. The van der Waals surface area contributed by atoms with E-state index in [4.69, 9.17) is 4.42 Å². The van der Waals surface area contributed by atoms with Gasteiger partial charge in [0.25, 0.3) is 0 Å². The van der Waals surface area contributed by atoms with E-state index in [-0.39, 0.29) is 5.41 Å². The third-order valence-electron chi connectivity index (χ3n) is 6.18. The van der Waals surface area contributed by atoms with E-state index in [1.54, 1.807) is 6.26 Å². The monoisotopic (exact) mass is 343 g/mol. The molecule has 4 saturated carbocycles. The molecule has 6 heteroatoms. The molecule has 126 valence electrons. The first kappa shape index (κ1) is 14.8. The number of aromatic nitrogens is 3. The summed E-state index contributed by atoms with van der Waals surface area (Å²) in [6, 6.07) is 3.66. The standard InChI is InChI=1S/C18H21N3O2S/c22-15(18-7-11-4-12(8-18)6-13(5-11)9-18)10-24-17-19-16(20-21-17)14-2-1-3-23-14/h1-3,11-13H,4-10H2,(H,19,20,21). The third kappa shape index (κ3) is 2.42. The van der Waals surface area contributed by atoms with Gasteiger partial charge in [-0.2, -0.15) is 4.98 Å². The molecular weight excluding hydrogens is 322 g/mol. The van der Waals surface area contributed by atoms with E-state index in [0.29, 0.717) is 28.3 Å². The average Bonchev–Trinajstić information content (AvgIpc) is 3.22. The number of hydrogen-bond acceptors (Lipinski definition) is 5. The zero-order valence-corrected chi connectivity index (χ0v) is 14.3. The Kier molecular flexibility index (Phi) is 3.37. The lowest BCUT2D eigenvalue weighted by Gasteiger charge is -2.56. The van der Waals surface area contributed by atoms with Crippen LogP contribution in [0.3, 0.4) is 0 Å². The number of Topliss-reactive ketones (excluding diaryl/α,β-unsaturated/α-hetero) is 1. The van der Waals surface area contributed by atoms with Gasteiger partial charge in [-0.25, -0.2) is 0 Å². The summed E-state index contributed by atoms with van der Waals surface area (Å²) in [5, 5.41) is 7.71. The minimum Gasteiger partial charge on any atom is -0.461 e. The molecule has 0 aromatic carbocycles. The summed E-state index contributed by atoms with van der Waals surface area (Å²) in [4.78, 5) is 17.4. The Morgan fingerprint density at radius 2 is 1.96 bits per heavy atom. The van der Waals surface area contributed by atoms with Crippen molar-refractivity contribution in [1.29, 1.82) is 0 Å². The van der Waals surface area contributed by atoms with E-state index in [2.05, 4.69) is 15.2 Å². The van der Waals surface area contributed by atoms with Gasteiger partial charge in [-0.1, -0.05) is 11.8 Å². The highest BCUT2D eigenvalue weighted by Gasteiger charge is 2.54. The summed E-state index contributed by atoms with van der Waals surface area (Å²) >= 11 is 1.45. The molecule has 0 spiro atoms. The molecule has 4 fully saturated rings. The number of carbonyl (C=O) groups excluding carboxylic acids is 1. The second-order valence-corrected chi connectivity index (χ2v) is 8.80. The van der Waals surface area contributed by atoms with Crippen LogP contribution in [0.5, 0.6) is 0 Å². The van der Waals surface area contributed by atoms with Crippen LogP contribution in [0.15, 0.2) is 28.0 Å². The second-order valence-electron chi connectivity index (χ2n) is 7.85. The van der Waals surface area contributed by atoms with Crippen LogP contribution in [0.4, 0.5) is 0 Å². The zero-order chi connectivity index (χ0) is 16.1. The summed E-state index contributed by atoms with van der Waals surface area (Å²) < 4.78 is 5.31. The lowest BCUT2D eigenvalue weighted by Crippen LogP contribution is -2.50. The van der Waals surface area contributed by atoms with Crippen molar-refractivity contribution in [2.45, 2.75) is 43.7 Å². The van der Waals surface area contributed by atoms with E-state index in [1.807, 2.05) is 12.1 Å². The van der Waals surface area contributed by atoms with Crippen molar-refractivity contribution < 1.29 is 9.21 Å². The van der Waals surface area contributed by atoms with Crippen LogP contribution >= 0.6 is 11.8 Å². The predicted octanol–water partition coefficient (Wildman–Crippen LogP) is 3.94. The van der Waals surface area contributed by atoms with Crippen molar-refractivity contribution in [3.63, 3.8) is 0 Å². The summed E-state index contributed by atoms with van der Waals surface area (Å²) in [5.41, 5.74) is -0.0259. The van der Waals surface area contributed by atoms with Gasteiger partial charge in [-0.15, -0.1) is 5.10 Å². The molecule has 0 aliphatic heterocycles. The maximum atomic E-state index is 13.0. The molecule has 1 N–H and O–H groups in total. The van der Waals surface area contributed by atoms with Crippen LogP contribution in [0.25, 0.3) is 11.6 Å². The fraction of sp³-hybridized carbons (Fsp3) is 0.611. The third-order valence-corrected chi connectivity index (χ3v) is 7.03. The first-order valence-electron chi connectivity index (χ1n) is 8.82. The van der Waals surface area contributed by atoms with Crippen LogP contribution in [-0.4, -0.2) is 26.7 Å². The molecule has 5 nitrogen and oxygen atoms in total. The Morgan fingerprint density at radius 1 is 1.25 bits per heavy atom. The summed E-state index contributed by atoms with van der Waals surface area (Å²) in [5.74, 6) is 4.61. The van der Waals surface area contributed by atoms with Gasteiger partial charge in [0.05, 0.1) is 12.0 Å². The van der Waals surface area contributed by atoms with Crippen molar-refractivity contribution in [2.75, 3.05) is 5.75 Å². The van der Waals surface area contributed by atoms with Gasteiger partial charge in [0, 0.05) is 5.41 Å². The Bertz CT molecular complexity index is 717. The quantitative estimate of drug-likeness (QED) is 0.833. The number of ketones is 1. The highest BCUT2D eigenvalue weighted by atomic mass is 32.2. The molecule has 24 heavy (non-hydrogen) atoms. The van der Waals surface area contributed by atoms with Gasteiger partial charge in [0.15, 0.2) is 11.6 Å². The molecule has 0 saturated heterocycles. The molecule has 2 aromatic heterocycles. The molecule has 6 rings (SSSR count). The van der Waals surface area contributed by atoms with Crippen molar-refractivity contribution in [2.24, 2.45) is 23.2 Å². The Labute approximate surface area is 145 Å². The zero-order valence-electron chi connectivity index (χ0n) is 13.5. The van der Waals surface area contributed by atoms with Gasteiger partial charge in [-0.05, 0) is 68.4 Å². The van der Waals surface area contributed by atoms with Crippen LogP contribution in [0.1, 0.15) is 38.5 Å². The summed E-state index contributed by atoms with van der Waals surface area (Å²) in [6.07, 6.45) is 9.10. The molecule has 2 heterocycles. The smallest absolute Gasteiger partial charge is 0.209 e. The van der Waals surface area contributed by atoms with Crippen molar-refractivity contribution >= 4 is 17.5 Å². The molecule has 4 aliphatic rings. The maximum Gasteiger partial charge on any atom is 0.209 e. The highest BCUT2D eigenvalue weighted by molar-refractivity contribution is 7.99. The largest absolute Gasteiger partial charge is 0.461 e. The predicted molar refractivity (Wildman–Crippen MR) is 90.4 cm³/mol. The number of aromatic amines is 1. The van der Waals surface area contributed by atoms with Gasteiger partial charge in [-0.3, -0.25) is 9.89 Å². The number of carbonyl (C=O) groups is 1. The molecule has 0 amide bonds. The first-order valence-corrected chi connectivity index (χ1v) is 9.81. The second kappa shape index (κ2) is 5.48. The summed E-state index contributed by atoms with van der Waals surface area (Å²) in [7, 11) is 0. The average molecular weight is 343 g/mol. The van der Waals surface area contributed by atoms with Crippen LogP contribution < -0.4 is 0 Å². The highest BCUT2D eigenvalue weighted by Crippen LogP contribution is 2.60. The van der Waals surface area contributed by atoms with Gasteiger partial charge >= 0.3 is 0 Å². The Morgan fingerprint density at radius 3 is 2.58 bits per heavy atom. The Hall–Kier alpha value is -1.56. The van der Waals surface area contributed by atoms with E-state index >= 15 is 0 Å². The lowest BCUT2D eigenvalue weighted by molar-refractivity contribution is -0.141. The fourth-order valence-electron chi connectivity index (χ4n) is 5.57.